The summed E-state index contributed by atoms with van der Waals surface area (Å²) in [4.78, 5) is 0. The molecule has 0 aliphatic heterocycles. The first-order valence-electron chi connectivity index (χ1n) is 4.39. The minimum Gasteiger partial charge on any atom is -0.397 e. The highest BCUT2D eigenvalue weighted by Crippen LogP contribution is 1.59. The van der Waals surface area contributed by atoms with E-state index in [0.29, 0.717) is 0 Å². The van der Waals surface area contributed by atoms with Crippen LogP contribution in [0.5, 0.6) is 0 Å². The molecule has 0 amide bonds. The summed E-state index contributed by atoms with van der Waals surface area (Å²) in [5.74, 6) is 0. The number of rotatable bonds is 4. The van der Waals surface area contributed by atoms with Gasteiger partial charge in [0.2, 0.25) is 0 Å². The number of nitrogens with one attached hydrogen (secondary N) is 1. The lowest BCUT2D eigenvalue weighted by atomic mass is 10.5. The van der Waals surface area contributed by atoms with E-state index in [1.54, 1.807) is 13.8 Å². The van der Waals surface area contributed by atoms with E-state index in [1.165, 1.54) is 0 Å². The Labute approximate surface area is 93.9 Å². The fourth-order valence-corrected chi connectivity index (χ4v) is 0.287. The number of halogens is 1. The predicted octanol–water partition coefficient (Wildman–Crippen LogP) is 1.37. The van der Waals surface area contributed by atoms with E-state index >= 15 is 0 Å². The van der Waals surface area contributed by atoms with Crippen LogP contribution in [0.1, 0.15) is 13.8 Å². The van der Waals surface area contributed by atoms with Crippen LogP contribution >= 0.6 is 12.4 Å². The van der Waals surface area contributed by atoms with Crippen molar-refractivity contribution in [3.63, 3.8) is 0 Å². The van der Waals surface area contributed by atoms with Gasteiger partial charge >= 0.3 is 0 Å². The molecule has 0 aliphatic rings. The normalized spacial score (nSPS) is 6.57. The first-order chi connectivity index (χ1) is 6.24. The summed E-state index contributed by atoms with van der Waals surface area (Å²) in [5.41, 5.74) is 0. The molecule has 88 valence electrons. The number of aliphatic hydroxyl groups excluding tert-OH is 2. The van der Waals surface area contributed by atoms with Crippen molar-refractivity contribution in [2.75, 3.05) is 26.3 Å². The molecule has 0 saturated heterocycles. The zero-order valence-electron chi connectivity index (χ0n) is 9.20. The van der Waals surface area contributed by atoms with Crippen molar-refractivity contribution in [2.45, 2.75) is 13.8 Å². The fraction of sp³-hybridized carbons (Fsp3) is 0.600. The first-order valence-corrected chi connectivity index (χ1v) is 4.39. The minimum atomic E-state index is 0. The average molecular weight is 226 g/mol. The Morgan fingerprint density at radius 1 is 1.00 bits per heavy atom. The van der Waals surface area contributed by atoms with Crippen molar-refractivity contribution in [2.24, 2.45) is 0 Å². The maximum atomic E-state index is 7.57. The molecule has 0 aliphatic carbocycles. The van der Waals surface area contributed by atoms with E-state index < -0.39 is 0 Å². The van der Waals surface area contributed by atoms with Gasteiger partial charge in [0.1, 0.15) is 0 Å². The second-order valence-corrected chi connectivity index (χ2v) is 1.87. The smallest absolute Gasteiger partial charge is 0.0402 e. The monoisotopic (exact) mass is 225 g/mol. The summed E-state index contributed by atoms with van der Waals surface area (Å²) in [6.07, 6.45) is 3.65. The maximum Gasteiger partial charge on any atom is 0.0402 e. The topological polar surface area (TPSA) is 52.5 Å². The molecular weight excluding hydrogens is 202 g/mol. The van der Waals surface area contributed by atoms with Gasteiger partial charge in [-0.25, -0.2) is 0 Å². The predicted molar refractivity (Wildman–Crippen MR) is 66.0 cm³/mol. The molecule has 14 heavy (non-hydrogen) atoms. The van der Waals surface area contributed by atoms with E-state index in [4.69, 9.17) is 10.2 Å². The van der Waals surface area contributed by atoms with Crippen LogP contribution in [-0.2, 0) is 0 Å². The van der Waals surface area contributed by atoms with E-state index in [9.17, 15) is 0 Å². The molecule has 0 aromatic rings. The Bertz CT molecular complexity index is 80.2. The Morgan fingerprint density at radius 2 is 1.21 bits per heavy atom. The molecule has 0 saturated carbocycles. The van der Waals surface area contributed by atoms with Gasteiger partial charge in [-0.2, -0.15) is 0 Å². The first kappa shape index (κ1) is 23.5. The van der Waals surface area contributed by atoms with Crippen LogP contribution in [0, 0.1) is 0 Å². The molecule has 0 fully saturated rings. The summed E-state index contributed by atoms with van der Waals surface area (Å²) in [6.45, 7) is 12.7. The largest absolute Gasteiger partial charge is 0.397 e. The lowest BCUT2D eigenvalue weighted by Gasteiger charge is -1.90. The molecule has 4 heteroatoms. The SMILES string of the molecule is C=CCNCC=C.CCO.CCO.Cl. The highest BCUT2D eigenvalue weighted by molar-refractivity contribution is 5.85. The van der Waals surface area contributed by atoms with Gasteiger partial charge in [-0.1, -0.05) is 12.2 Å². The van der Waals surface area contributed by atoms with Gasteiger partial charge in [-0.3, -0.25) is 0 Å². The van der Waals surface area contributed by atoms with Gasteiger partial charge < -0.3 is 15.5 Å². The fourth-order valence-electron chi connectivity index (χ4n) is 0.287. The Kier molecular flexibility index (Phi) is 65.0. The average Bonchev–Trinajstić information content (AvgIpc) is 2.08. The van der Waals surface area contributed by atoms with E-state index in [0.717, 1.165) is 13.1 Å². The van der Waals surface area contributed by atoms with Crippen LogP contribution in [0.25, 0.3) is 0 Å². The standard InChI is InChI=1S/C6H11N.2C2H6O.ClH/c1-3-5-7-6-4-2;2*1-2-3;/h3-4,7H,1-2,5-6H2;2*3H,2H2,1H3;1H. The van der Waals surface area contributed by atoms with Crippen LogP contribution in [0.15, 0.2) is 25.3 Å². The molecule has 0 unspecified atom stereocenters. The number of hydrogen-bond donors (Lipinski definition) is 3. The zero-order chi connectivity index (χ0) is 10.9. The summed E-state index contributed by atoms with van der Waals surface area (Å²) in [7, 11) is 0. The summed E-state index contributed by atoms with van der Waals surface area (Å²) >= 11 is 0. The van der Waals surface area contributed by atoms with Gasteiger partial charge in [0.25, 0.3) is 0 Å². The highest BCUT2D eigenvalue weighted by atomic mass is 35.5. The molecule has 0 aromatic heterocycles. The molecule has 0 atom stereocenters. The summed E-state index contributed by atoms with van der Waals surface area (Å²) < 4.78 is 0. The quantitative estimate of drug-likeness (QED) is 0.501. The van der Waals surface area contributed by atoms with Gasteiger partial charge in [0.05, 0.1) is 0 Å². The Morgan fingerprint density at radius 3 is 1.36 bits per heavy atom. The van der Waals surface area contributed by atoms with Gasteiger partial charge in [0, 0.05) is 26.3 Å². The Hall–Kier alpha value is -0.350. The van der Waals surface area contributed by atoms with Crippen LogP contribution in [0.3, 0.4) is 0 Å². The molecule has 0 heterocycles. The summed E-state index contributed by atoms with van der Waals surface area (Å²) in [5, 5.41) is 18.2. The van der Waals surface area contributed by atoms with Crippen LogP contribution in [0.2, 0.25) is 0 Å². The van der Waals surface area contributed by atoms with Crippen LogP contribution in [-0.4, -0.2) is 36.5 Å². The zero-order valence-corrected chi connectivity index (χ0v) is 10.0. The third-order valence-corrected chi connectivity index (χ3v) is 0.577. The second-order valence-electron chi connectivity index (χ2n) is 1.87. The van der Waals surface area contributed by atoms with Crippen LogP contribution < -0.4 is 5.32 Å². The molecule has 0 aromatic carbocycles. The molecule has 0 spiro atoms. The van der Waals surface area contributed by atoms with E-state index in [2.05, 4.69) is 18.5 Å². The van der Waals surface area contributed by atoms with Gasteiger partial charge in [-0.05, 0) is 13.8 Å². The molecule has 3 nitrogen and oxygen atoms in total. The van der Waals surface area contributed by atoms with Crippen molar-refractivity contribution < 1.29 is 10.2 Å². The van der Waals surface area contributed by atoms with Crippen molar-refractivity contribution >= 4 is 12.4 Å². The summed E-state index contributed by atoms with van der Waals surface area (Å²) in [6, 6.07) is 0. The third-order valence-electron chi connectivity index (χ3n) is 0.577. The van der Waals surface area contributed by atoms with E-state index in [1.807, 2.05) is 12.2 Å². The molecular formula is C10H24ClNO2. The lowest BCUT2D eigenvalue weighted by Crippen LogP contribution is -2.11. The van der Waals surface area contributed by atoms with Crippen molar-refractivity contribution in [1.82, 2.24) is 5.32 Å². The molecule has 3 N–H and O–H groups in total. The maximum absolute atomic E-state index is 7.57. The van der Waals surface area contributed by atoms with Crippen LogP contribution in [0.4, 0.5) is 0 Å². The van der Waals surface area contributed by atoms with Gasteiger partial charge in [-0.15, -0.1) is 25.6 Å². The second kappa shape index (κ2) is 38.8. The molecule has 0 radical (unpaired) electrons. The van der Waals surface area contributed by atoms with Crippen molar-refractivity contribution in [3.05, 3.63) is 25.3 Å². The third kappa shape index (κ3) is 99.2. The van der Waals surface area contributed by atoms with E-state index in [-0.39, 0.29) is 25.6 Å². The molecule has 0 rings (SSSR count). The number of hydrogen-bond acceptors (Lipinski definition) is 3. The van der Waals surface area contributed by atoms with Crippen molar-refractivity contribution in [3.8, 4) is 0 Å². The van der Waals surface area contributed by atoms with Gasteiger partial charge in [0.15, 0.2) is 0 Å². The highest BCUT2D eigenvalue weighted by Gasteiger charge is 1.69. The molecule has 0 bridgehead atoms. The van der Waals surface area contributed by atoms with Crippen molar-refractivity contribution in [1.29, 1.82) is 0 Å². The minimum absolute atomic E-state index is 0. The lowest BCUT2D eigenvalue weighted by molar-refractivity contribution is 0.318. The number of aliphatic hydroxyl groups is 2. The Balaban J connectivity index is -0.0000000610.